The Morgan fingerprint density at radius 1 is 0.700 bits per heavy atom. The van der Waals surface area contributed by atoms with Crippen LogP contribution in [-0.2, 0) is 19.5 Å². The molecule has 0 saturated carbocycles. The van der Waals surface area contributed by atoms with Crippen molar-refractivity contribution in [1.82, 2.24) is 29.1 Å². The van der Waals surface area contributed by atoms with Gasteiger partial charge in [0.2, 0.25) is 0 Å². The van der Waals surface area contributed by atoms with Gasteiger partial charge in [0.25, 0.3) is 11.8 Å². The molecule has 0 unspecified atom stereocenters. The van der Waals surface area contributed by atoms with E-state index in [1.165, 1.54) is 18.3 Å². The SMILES string of the molecule is C.C=CCCn1c(Br)c(-c2cccc(NC(=O)c3ccccc3)c2)c2c(N)ncnc21.Nc1ncnc2c1c(-c1cccc(NC(=O)c3ccccc3)c1)c1n2CCCC1. The number of nitrogens with one attached hydrogen (secondary N) is 2. The van der Waals surface area contributed by atoms with E-state index in [-0.39, 0.29) is 19.2 Å². The zero-order chi connectivity index (χ0) is 40.9. The molecule has 0 radical (unpaired) electrons. The Morgan fingerprint density at radius 3 is 1.80 bits per heavy atom. The number of nitrogens with two attached hydrogens (primary N) is 2. The summed E-state index contributed by atoms with van der Waals surface area (Å²) in [5.41, 5.74) is 21.9. The van der Waals surface area contributed by atoms with Gasteiger partial charge in [0.15, 0.2) is 0 Å². The third kappa shape index (κ3) is 8.25. The smallest absolute Gasteiger partial charge is 0.255 e. The lowest BCUT2D eigenvalue weighted by atomic mass is 9.98. The van der Waals surface area contributed by atoms with Gasteiger partial charge in [-0.25, -0.2) is 19.9 Å². The van der Waals surface area contributed by atoms with Crippen molar-refractivity contribution in [1.29, 1.82) is 0 Å². The maximum absolute atomic E-state index is 12.6. The lowest BCUT2D eigenvalue weighted by Crippen LogP contribution is -2.12. The van der Waals surface area contributed by atoms with E-state index in [0.717, 1.165) is 86.8 Å². The van der Waals surface area contributed by atoms with Crippen molar-refractivity contribution < 1.29 is 9.59 Å². The molecule has 60 heavy (non-hydrogen) atoms. The van der Waals surface area contributed by atoms with Gasteiger partial charge < -0.3 is 31.2 Å². The average Bonchev–Trinajstić information content (AvgIpc) is 3.76. The molecule has 8 aromatic rings. The van der Waals surface area contributed by atoms with E-state index < -0.39 is 0 Å². The summed E-state index contributed by atoms with van der Waals surface area (Å²) in [6, 6.07) is 33.9. The van der Waals surface area contributed by atoms with Gasteiger partial charge in [-0.15, -0.1) is 6.58 Å². The van der Waals surface area contributed by atoms with E-state index in [1.54, 1.807) is 24.3 Å². The quantitative estimate of drug-likeness (QED) is 0.104. The van der Waals surface area contributed by atoms with Crippen LogP contribution >= 0.6 is 15.9 Å². The average molecular weight is 862 g/mol. The highest BCUT2D eigenvalue weighted by Crippen LogP contribution is 2.41. The second-order valence-electron chi connectivity index (χ2n) is 14.0. The number of aromatic nitrogens is 6. The van der Waals surface area contributed by atoms with Crippen molar-refractivity contribution >= 4 is 72.8 Å². The molecule has 1 aliphatic heterocycles. The number of hydrogen-bond donors (Lipinski definition) is 4. The summed E-state index contributed by atoms with van der Waals surface area (Å²) in [6.45, 7) is 5.45. The molecule has 302 valence electrons. The molecule has 0 spiro atoms. The lowest BCUT2D eigenvalue weighted by Gasteiger charge is -2.17. The van der Waals surface area contributed by atoms with Gasteiger partial charge in [-0.1, -0.05) is 74.2 Å². The van der Waals surface area contributed by atoms with Gasteiger partial charge in [0.05, 0.1) is 15.4 Å². The number of rotatable bonds is 9. The van der Waals surface area contributed by atoms with Crippen LogP contribution in [0.2, 0.25) is 0 Å². The molecule has 4 aromatic heterocycles. The van der Waals surface area contributed by atoms with E-state index in [2.05, 4.69) is 68.3 Å². The third-order valence-electron chi connectivity index (χ3n) is 10.3. The van der Waals surface area contributed by atoms with Crippen LogP contribution in [0.5, 0.6) is 0 Å². The summed E-state index contributed by atoms with van der Waals surface area (Å²) in [6.07, 6.45) is 8.90. The highest BCUT2D eigenvalue weighted by atomic mass is 79.9. The predicted octanol–water partition coefficient (Wildman–Crippen LogP) is 10.2. The Morgan fingerprint density at radius 2 is 1.23 bits per heavy atom. The number of amides is 2. The minimum atomic E-state index is -0.164. The number of benzene rings is 4. The summed E-state index contributed by atoms with van der Waals surface area (Å²) in [7, 11) is 0. The standard InChI is InChI=1S/C23H20BrN5O.C23H21N5O.CH4/c1-2-3-12-29-20(24)18(19-21(25)26-14-27-22(19)29)16-10-7-11-17(13-16)28-23(30)15-8-5-4-6-9-15;24-21-20-19(18-11-4-5-12-28(18)22(20)26-14-25-21)16-9-6-10-17(13-16)27-23(29)15-7-2-1-3-8-15;/h2,4-11,13-14H,1,3,12H2,(H,28,30)(H2,25,26,27);1-3,6-10,13-14H,4-5,11-12H2,(H,27,29)(H2,24,25,26);1H4. The number of fused-ring (bicyclic) bond motifs is 4. The summed E-state index contributed by atoms with van der Waals surface area (Å²) >= 11 is 3.73. The second-order valence-corrected chi connectivity index (χ2v) is 14.8. The van der Waals surface area contributed by atoms with Crippen molar-refractivity contribution in [2.75, 3.05) is 22.1 Å². The van der Waals surface area contributed by atoms with Crippen molar-refractivity contribution in [2.24, 2.45) is 0 Å². The van der Waals surface area contributed by atoms with E-state index in [1.807, 2.05) is 84.9 Å². The molecule has 9 rings (SSSR count). The van der Waals surface area contributed by atoms with Gasteiger partial charge in [-0.05, 0) is 101 Å². The Hall–Kier alpha value is -7.12. The number of carbonyl (C=O) groups excluding carboxylic acids is 2. The normalized spacial score (nSPS) is 11.8. The number of nitrogens with zero attached hydrogens (tertiary/aromatic N) is 6. The van der Waals surface area contributed by atoms with Crippen LogP contribution in [0, 0.1) is 0 Å². The number of anilines is 4. The van der Waals surface area contributed by atoms with Gasteiger partial charge >= 0.3 is 0 Å². The predicted molar refractivity (Wildman–Crippen MR) is 246 cm³/mol. The van der Waals surface area contributed by atoms with Crippen molar-refractivity contribution in [2.45, 2.75) is 46.2 Å². The van der Waals surface area contributed by atoms with Crippen LogP contribution in [0.25, 0.3) is 44.3 Å². The summed E-state index contributed by atoms with van der Waals surface area (Å²) in [5.74, 6) is 0.606. The molecular weight excluding hydrogens is 816 g/mol. The van der Waals surface area contributed by atoms with E-state index in [9.17, 15) is 9.59 Å². The minimum absolute atomic E-state index is 0. The van der Waals surface area contributed by atoms with Crippen molar-refractivity contribution in [3.05, 3.63) is 156 Å². The number of carbonyl (C=O) groups is 2. The first-order valence-electron chi connectivity index (χ1n) is 19.3. The second kappa shape index (κ2) is 18.2. The molecule has 1 aliphatic rings. The molecule has 0 aliphatic carbocycles. The molecule has 2 amide bonds. The molecule has 0 atom stereocenters. The van der Waals surface area contributed by atoms with E-state index >= 15 is 0 Å². The van der Waals surface area contributed by atoms with Crippen molar-refractivity contribution in [3.8, 4) is 22.3 Å². The first-order valence-corrected chi connectivity index (χ1v) is 20.1. The van der Waals surface area contributed by atoms with Crippen LogP contribution in [0.1, 0.15) is 53.1 Å². The number of hydrogen-bond acceptors (Lipinski definition) is 8. The zero-order valence-corrected chi connectivity index (χ0v) is 33.7. The van der Waals surface area contributed by atoms with Crippen molar-refractivity contribution in [3.63, 3.8) is 0 Å². The Labute approximate surface area is 356 Å². The maximum Gasteiger partial charge on any atom is 0.255 e. The number of nitrogen functional groups attached to an aromatic ring is 2. The lowest BCUT2D eigenvalue weighted by molar-refractivity contribution is 0.101. The number of aryl methyl sites for hydroxylation is 2. The van der Waals surface area contributed by atoms with Crippen LogP contribution in [0.3, 0.4) is 0 Å². The van der Waals surface area contributed by atoms with Crippen LogP contribution in [-0.4, -0.2) is 40.9 Å². The molecule has 4 aromatic carbocycles. The molecule has 5 heterocycles. The summed E-state index contributed by atoms with van der Waals surface area (Å²) in [5, 5.41) is 7.63. The van der Waals surface area contributed by atoms with E-state index in [0.29, 0.717) is 35.0 Å². The number of allylic oxidation sites excluding steroid dienone is 1. The molecule has 0 fully saturated rings. The molecular formula is C47H45BrN10O2. The molecule has 0 saturated heterocycles. The molecule has 13 heteroatoms. The van der Waals surface area contributed by atoms with Crippen LogP contribution in [0.15, 0.2) is 139 Å². The fourth-order valence-electron chi connectivity index (χ4n) is 7.56. The Bertz CT molecular complexity index is 2840. The van der Waals surface area contributed by atoms with Crippen LogP contribution < -0.4 is 22.1 Å². The Balaban J connectivity index is 0.000000179. The fraction of sp³-hybridized carbons (Fsp3) is 0.149. The highest BCUT2D eigenvalue weighted by molar-refractivity contribution is 9.10. The summed E-state index contributed by atoms with van der Waals surface area (Å²) < 4.78 is 5.18. The summed E-state index contributed by atoms with van der Waals surface area (Å²) in [4.78, 5) is 42.5. The van der Waals surface area contributed by atoms with Gasteiger partial charge in [-0.3, -0.25) is 9.59 Å². The van der Waals surface area contributed by atoms with Crippen LogP contribution in [0.4, 0.5) is 23.0 Å². The maximum atomic E-state index is 12.6. The molecule has 12 nitrogen and oxygen atoms in total. The minimum Gasteiger partial charge on any atom is -0.383 e. The van der Waals surface area contributed by atoms with Gasteiger partial charge in [0, 0.05) is 52.4 Å². The van der Waals surface area contributed by atoms with Gasteiger partial charge in [0.1, 0.15) is 35.6 Å². The largest absolute Gasteiger partial charge is 0.383 e. The van der Waals surface area contributed by atoms with E-state index in [4.69, 9.17) is 11.5 Å². The Kier molecular flexibility index (Phi) is 12.5. The zero-order valence-electron chi connectivity index (χ0n) is 32.1. The highest BCUT2D eigenvalue weighted by Gasteiger charge is 2.24. The first-order chi connectivity index (χ1) is 28.8. The molecule has 6 N–H and O–H groups in total. The monoisotopic (exact) mass is 860 g/mol. The topological polar surface area (TPSA) is 172 Å². The fourth-order valence-corrected chi connectivity index (χ4v) is 8.33. The van der Waals surface area contributed by atoms with Gasteiger partial charge in [-0.2, -0.15) is 0 Å². The first kappa shape index (κ1) is 41.1. The third-order valence-corrected chi connectivity index (χ3v) is 11.1. The molecule has 0 bridgehead atoms. The number of halogens is 1.